The van der Waals surface area contributed by atoms with Crippen molar-refractivity contribution in [3.05, 3.63) is 46.5 Å². The highest BCUT2D eigenvalue weighted by Crippen LogP contribution is 2.19. The van der Waals surface area contributed by atoms with Gasteiger partial charge in [-0.1, -0.05) is 24.3 Å². The van der Waals surface area contributed by atoms with Gasteiger partial charge in [0.2, 0.25) is 5.13 Å². The van der Waals surface area contributed by atoms with Crippen LogP contribution in [-0.2, 0) is 4.74 Å². The molecule has 0 aliphatic carbocycles. The van der Waals surface area contributed by atoms with Crippen LogP contribution in [0.1, 0.15) is 22.9 Å². The predicted molar refractivity (Wildman–Crippen MR) is 81.2 cm³/mol. The molecule has 1 atom stereocenters. The van der Waals surface area contributed by atoms with Gasteiger partial charge in [-0.15, -0.1) is 11.3 Å². The van der Waals surface area contributed by atoms with Crippen LogP contribution in [0.15, 0.2) is 34.7 Å². The Kier molecular flexibility index (Phi) is 4.05. The number of aromatic nitrogens is 1. The predicted octanol–water partition coefficient (Wildman–Crippen LogP) is 2.52. The third kappa shape index (κ3) is 3.22. The van der Waals surface area contributed by atoms with E-state index in [1.165, 1.54) is 5.56 Å². The summed E-state index contributed by atoms with van der Waals surface area (Å²) in [4.78, 5) is 4.28. The van der Waals surface area contributed by atoms with Gasteiger partial charge in [-0.25, -0.2) is 4.98 Å². The van der Waals surface area contributed by atoms with Crippen LogP contribution in [0.4, 0.5) is 5.13 Å². The highest BCUT2D eigenvalue weighted by atomic mass is 32.1. The molecule has 1 saturated heterocycles. The number of ether oxygens (including phenoxy) is 1. The normalized spacial score (nSPS) is 18.8. The number of benzene rings is 1. The van der Waals surface area contributed by atoms with Crippen molar-refractivity contribution >= 4 is 22.7 Å². The molecule has 0 bridgehead atoms. The zero-order valence-electron chi connectivity index (χ0n) is 11.2. The fourth-order valence-electron chi connectivity index (χ4n) is 1.99. The zero-order chi connectivity index (χ0) is 13.8. The van der Waals surface area contributed by atoms with Crippen molar-refractivity contribution in [3.8, 4) is 0 Å². The number of hydrogen-bond acceptors (Lipinski definition) is 6. The highest BCUT2D eigenvalue weighted by molar-refractivity contribution is 7.13. The standard InChI is InChI=1S/C14H16N4OS/c1-10-8-20-14(17-10)18-16-6-11-2-4-12(5-3-11)13-7-15-9-19-13/h2-6,8,13,15H,7,9H2,1H3,(H,17,18). The van der Waals surface area contributed by atoms with Gasteiger partial charge in [0.1, 0.15) is 0 Å². The van der Waals surface area contributed by atoms with Gasteiger partial charge < -0.3 is 4.74 Å². The van der Waals surface area contributed by atoms with Crippen molar-refractivity contribution in [2.45, 2.75) is 13.0 Å². The number of aryl methyl sites for hydroxylation is 1. The Labute approximate surface area is 121 Å². The molecular weight excluding hydrogens is 272 g/mol. The van der Waals surface area contributed by atoms with Gasteiger partial charge in [-0.3, -0.25) is 10.7 Å². The van der Waals surface area contributed by atoms with Crippen LogP contribution < -0.4 is 10.7 Å². The molecule has 2 aromatic rings. The van der Waals surface area contributed by atoms with E-state index >= 15 is 0 Å². The molecule has 1 aromatic heterocycles. The van der Waals surface area contributed by atoms with E-state index in [2.05, 4.69) is 33.0 Å². The van der Waals surface area contributed by atoms with E-state index in [0.29, 0.717) is 6.73 Å². The number of hydrogen-bond donors (Lipinski definition) is 2. The first-order valence-corrected chi connectivity index (χ1v) is 7.33. The molecule has 6 heteroatoms. The summed E-state index contributed by atoms with van der Waals surface area (Å²) in [5.41, 5.74) is 6.16. The first-order chi connectivity index (χ1) is 9.81. The number of anilines is 1. The van der Waals surface area contributed by atoms with Crippen LogP contribution in [0.25, 0.3) is 0 Å². The van der Waals surface area contributed by atoms with E-state index in [1.54, 1.807) is 17.6 Å². The maximum absolute atomic E-state index is 5.56. The van der Waals surface area contributed by atoms with Crippen LogP contribution in [0, 0.1) is 6.92 Å². The highest BCUT2D eigenvalue weighted by Gasteiger charge is 2.16. The molecule has 1 unspecified atom stereocenters. The van der Waals surface area contributed by atoms with Crippen molar-refractivity contribution in [2.75, 3.05) is 18.7 Å². The average Bonchev–Trinajstić information content (AvgIpc) is 3.11. The van der Waals surface area contributed by atoms with Crippen LogP contribution in [0.2, 0.25) is 0 Å². The Morgan fingerprint density at radius 2 is 2.30 bits per heavy atom. The summed E-state index contributed by atoms with van der Waals surface area (Å²) in [5, 5.41) is 10.2. The second kappa shape index (κ2) is 6.13. The van der Waals surface area contributed by atoms with Gasteiger partial charge in [0.15, 0.2) is 0 Å². The van der Waals surface area contributed by atoms with Crippen molar-refractivity contribution in [1.82, 2.24) is 10.3 Å². The van der Waals surface area contributed by atoms with Crippen LogP contribution in [-0.4, -0.2) is 24.5 Å². The number of thiazole rings is 1. The Morgan fingerprint density at radius 1 is 1.45 bits per heavy atom. The molecule has 5 nitrogen and oxygen atoms in total. The molecular formula is C14H16N4OS. The molecule has 1 aliphatic rings. The number of nitrogens with zero attached hydrogens (tertiary/aromatic N) is 2. The monoisotopic (exact) mass is 288 g/mol. The summed E-state index contributed by atoms with van der Waals surface area (Å²) >= 11 is 1.54. The molecule has 0 saturated carbocycles. The topological polar surface area (TPSA) is 58.5 Å². The molecule has 3 rings (SSSR count). The Bertz CT molecular complexity index is 587. The lowest BCUT2D eigenvalue weighted by Gasteiger charge is -2.08. The number of nitrogens with one attached hydrogen (secondary N) is 2. The minimum Gasteiger partial charge on any atom is -0.357 e. The molecule has 1 aliphatic heterocycles. The SMILES string of the molecule is Cc1csc(NN=Cc2ccc(C3CNCO3)cc2)n1. The molecule has 2 heterocycles. The minimum absolute atomic E-state index is 0.164. The summed E-state index contributed by atoms with van der Waals surface area (Å²) in [6, 6.07) is 8.23. The fourth-order valence-corrected chi connectivity index (χ4v) is 2.62. The van der Waals surface area contributed by atoms with Crippen LogP contribution in [0.3, 0.4) is 0 Å². The van der Waals surface area contributed by atoms with Gasteiger partial charge in [-0.05, 0) is 18.1 Å². The second-order valence-corrected chi connectivity index (χ2v) is 5.44. The number of rotatable bonds is 4. The lowest BCUT2D eigenvalue weighted by molar-refractivity contribution is 0.114. The summed E-state index contributed by atoms with van der Waals surface area (Å²) in [6.07, 6.45) is 1.95. The largest absolute Gasteiger partial charge is 0.357 e. The maximum Gasteiger partial charge on any atom is 0.203 e. The first kappa shape index (κ1) is 13.2. The van der Waals surface area contributed by atoms with Gasteiger partial charge in [0.25, 0.3) is 0 Å². The Balaban J connectivity index is 1.59. The molecule has 2 N–H and O–H groups in total. The molecule has 1 aromatic carbocycles. The van der Waals surface area contributed by atoms with E-state index in [4.69, 9.17) is 4.74 Å². The Hall–Kier alpha value is -1.76. The molecule has 104 valence electrons. The smallest absolute Gasteiger partial charge is 0.203 e. The van der Waals surface area contributed by atoms with Crippen molar-refractivity contribution in [3.63, 3.8) is 0 Å². The van der Waals surface area contributed by atoms with E-state index in [9.17, 15) is 0 Å². The maximum atomic E-state index is 5.56. The number of hydrazone groups is 1. The zero-order valence-corrected chi connectivity index (χ0v) is 12.0. The van der Waals surface area contributed by atoms with Gasteiger partial charge in [0, 0.05) is 11.9 Å². The van der Waals surface area contributed by atoms with Crippen molar-refractivity contribution < 1.29 is 4.74 Å². The summed E-state index contributed by atoms with van der Waals surface area (Å²) in [5.74, 6) is 0. The lowest BCUT2D eigenvalue weighted by atomic mass is 10.1. The van der Waals surface area contributed by atoms with E-state index in [-0.39, 0.29) is 6.10 Å². The van der Waals surface area contributed by atoms with Crippen molar-refractivity contribution in [1.29, 1.82) is 0 Å². The summed E-state index contributed by atoms with van der Waals surface area (Å²) < 4.78 is 5.56. The van der Waals surface area contributed by atoms with E-state index in [0.717, 1.165) is 22.9 Å². The summed E-state index contributed by atoms with van der Waals surface area (Å²) in [6.45, 7) is 3.47. The molecule has 0 spiro atoms. The minimum atomic E-state index is 0.164. The molecule has 0 radical (unpaired) electrons. The average molecular weight is 288 g/mol. The van der Waals surface area contributed by atoms with Crippen LogP contribution >= 0.6 is 11.3 Å². The van der Waals surface area contributed by atoms with Gasteiger partial charge >= 0.3 is 0 Å². The van der Waals surface area contributed by atoms with E-state index in [1.807, 2.05) is 24.4 Å². The third-order valence-corrected chi connectivity index (χ3v) is 3.88. The second-order valence-electron chi connectivity index (χ2n) is 4.58. The molecule has 20 heavy (non-hydrogen) atoms. The third-order valence-electron chi connectivity index (χ3n) is 3.02. The van der Waals surface area contributed by atoms with Gasteiger partial charge in [0.05, 0.1) is 24.7 Å². The van der Waals surface area contributed by atoms with Crippen LogP contribution in [0.5, 0.6) is 0 Å². The van der Waals surface area contributed by atoms with Crippen molar-refractivity contribution in [2.24, 2.45) is 5.10 Å². The summed E-state index contributed by atoms with van der Waals surface area (Å²) in [7, 11) is 0. The van der Waals surface area contributed by atoms with Gasteiger partial charge in [-0.2, -0.15) is 5.10 Å². The van der Waals surface area contributed by atoms with E-state index < -0.39 is 0 Å². The fraction of sp³-hybridized carbons (Fsp3) is 0.286. The lowest BCUT2D eigenvalue weighted by Crippen LogP contribution is -2.07. The Morgan fingerprint density at radius 3 is 2.95 bits per heavy atom. The quantitative estimate of drug-likeness (QED) is 0.670. The molecule has 0 amide bonds. The first-order valence-electron chi connectivity index (χ1n) is 6.45. The molecule has 1 fully saturated rings.